The summed E-state index contributed by atoms with van der Waals surface area (Å²) in [4.78, 5) is 12.4. The van der Waals surface area contributed by atoms with Gasteiger partial charge in [0.05, 0.1) is 13.5 Å². The Morgan fingerprint density at radius 1 is 1.16 bits per heavy atom. The van der Waals surface area contributed by atoms with Crippen LogP contribution < -0.4 is 10.1 Å². The largest absolute Gasteiger partial charge is 0.497 e. The molecule has 1 heterocycles. The lowest BCUT2D eigenvalue weighted by molar-refractivity contribution is -0.115. The summed E-state index contributed by atoms with van der Waals surface area (Å²) in [5.41, 5.74) is 4.92. The lowest BCUT2D eigenvalue weighted by atomic mass is 10.0. The molecule has 0 unspecified atom stereocenters. The SMILES string of the molecule is COc1cccc(CC(=O)Nc2n[nH]c(C)c2-c2cccc(C)c2)c1. The van der Waals surface area contributed by atoms with Crippen molar-refractivity contribution in [3.05, 3.63) is 65.4 Å². The molecule has 2 N–H and O–H groups in total. The number of carbonyl (C=O) groups excluding carboxylic acids is 1. The number of hydrogen-bond donors (Lipinski definition) is 2. The molecular formula is C20H21N3O2. The number of carbonyl (C=O) groups is 1. The fourth-order valence-electron chi connectivity index (χ4n) is 2.82. The van der Waals surface area contributed by atoms with Gasteiger partial charge in [-0.2, -0.15) is 5.10 Å². The molecule has 0 aliphatic heterocycles. The fraction of sp³-hybridized carbons (Fsp3) is 0.200. The maximum absolute atomic E-state index is 12.4. The number of aromatic amines is 1. The van der Waals surface area contributed by atoms with Gasteiger partial charge in [-0.05, 0) is 37.1 Å². The predicted molar refractivity (Wildman–Crippen MR) is 98.8 cm³/mol. The fourth-order valence-corrected chi connectivity index (χ4v) is 2.82. The zero-order valence-corrected chi connectivity index (χ0v) is 14.6. The maximum atomic E-state index is 12.4. The molecule has 0 aliphatic carbocycles. The molecule has 0 spiro atoms. The van der Waals surface area contributed by atoms with Gasteiger partial charge in [0.2, 0.25) is 5.91 Å². The Morgan fingerprint density at radius 2 is 1.96 bits per heavy atom. The van der Waals surface area contributed by atoms with Gasteiger partial charge < -0.3 is 10.1 Å². The summed E-state index contributed by atoms with van der Waals surface area (Å²) in [5, 5.41) is 10.1. The smallest absolute Gasteiger partial charge is 0.230 e. The lowest BCUT2D eigenvalue weighted by Crippen LogP contribution is -2.15. The van der Waals surface area contributed by atoms with Crippen LogP contribution in [0, 0.1) is 13.8 Å². The van der Waals surface area contributed by atoms with Crippen LogP contribution in [0.25, 0.3) is 11.1 Å². The Hall–Kier alpha value is -3.08. The quantitative estimate of drug-likeness (QED) is 0.743. The van der Waals surface area contributed by atoms with Gasteiger partial charge in [0.25, 0.3) is 0 Å². The second-order valence-corrected chi connectivity index (χ2v) is 6.02. The first-order valence-corrected chi connectivity index (χ1v) is 8.11. The molecule has 1 amide bonds. The minimum Gasteiger partial charge on any atom is -0.497 e. The molecule has 5 nitrogen and oxygen atoms in total. The first-order valence-electron chi connectivity index (χ1n) is 8.11. The highest BCUT2D eigenvalue weighted by Crippen LogP contribution is 2.30. The molecule has 2 aromatic carbocycles. The minimum atomic E-state index is -0.117. The van der Waals surface area contributed by atoms with E-state index in [9.17, 15) is 4.79 Å². The summed E-state index contributed by atoms with van der Waals surface area (Å²) >= 11 is 0. The molecule has 0 atom stereocenters. The van der Waals surface area contributed by atoms with Crippen LogP contribution in [-0.4, -0.2) is 23.2 Å². The van der Waals surface area contributed by atoms with Gasteiger partial charge in [-0.25, -0.2) is 0 Å². The van der Waals surface area contributed by atoms with E-state index in [2.05, 4.69) is 21.6 Å². The molecule has 0 aliphatic rings. The van der Waals surface area contributed by atoms with Crippen molar-refractivity contribution in [1.29, 1.82) is 0 Å². The second kappa shape index (κ2) is 7.21. The van der Waals surface area contributed by atoms with Crippen molar-refractivity contribution in [3.63, 3.8) is 0 Å². The zero-order valence-electron chi connectivity index (χ0n) is 14.6. The highest BCUT2D eigenvalue weighted by Gasteiger charge is 2.15. The monoisotopic (exact) mass is 335 g/mol. The molecule has 128 valence electrons. The predicted octanol–water partition coefficient (Wildman–Crippen LogP) is 3.88. The van der Waals surface area contributed by atoms with Crippen LogP contribution in [0.2, 0.25) is 0 Å². The number of aromatic nitrogens is 2. The molecular weight excluding hydrogens is 314 g/mol. The molecule has 3 aromatic rings. The van der Waals surface area contributed by atoms with E-state index in [-0.39, 0.29) is 12.3 Å². The molecule has 0 saturated heterocycles. The van der Waals surface area contributed by atoms with E-state index in [1.54, 1.807) is 7.11 Å². The van der Waals surface area contributed by atoms with Crippen LogP contribution in [-0.2, 0) is 11.2 Å². The number of aryl methyl sites for hydroxylation is 2. The molecule has 0 fully saturated rings. The van der Waals surface area contributed by atoms with Gasteiger partial charge in [0.1, 0.15) is 5.75 Å². The third-order valence-electron chi connectivity index (χ3n) is 4.01. The third-order valence-corrected chi connectivity index (χ3v) is 4.01. The van der Waals surface area contributed by atoms with E-state index in [0.717, 1.165) is 33.7 Å². The summed E-state index contributed by atoms with van der Waals surface area (Å²) in [6, 6.07) is 15.6. The van der Waals surface area contributed by atoms with Crippen molar-refractivity contribution in [2.45, 2.75) is 20.3 Å². The number of amides is 1. The van der Waals surface area contributed by atoms with Gasteiger partial charge in [0.15, 0.2) is 5.82 Å². The Morgan fingerprint density at radius 3 is 2.72 bits per heavy atom. The standard InChI is InChI=1S/C20H21N3O2/c1-13-6-4-8-16(10-13)19-14(2)22-23-20(19)21-18(24)12-15-7-5-9-17(11-15)25-3/h4-11H,12H2,1-3H3,(H2,21,22,23,24). The number of ether oxygens (including phenoxy) is 1. The van der Waals surface area contributed by atoms with Gasteiger partial charge in [-0.1, -0.05) is 42.0 Å². The number of hydrogen-bond acceptors (Lipinski definition) is 3. The van der Waals surface area contributed by atoms with Gasteiger partial charge in [-0.3, -0.25) is 9.89 Å². The van der Waals surface area contributed by atoms with E-state index < -0.39 is 0 Å². The first-order chi connectivity index (χ1) is 12.1. The molecule has 3 rings (SSSR count). The highest BCUT2D eigenvalue weighted by molar-refractivity contribution is 5.95. The number of nitrogens with zero attached hydrogens (tertiary/aromatic N) is 1. The van der Waals surface area contributed by atoms with E-state index in [1.165, 1.54) is 0 Å². The van der Waals surface area contributed by atoms with Gasteiger partial charge in [-0.15, -0.1) is 0 Å². The van der Waals surface area contributed by atoms with Crippen LogP contribution >= 0.6 is 0 Å². The Bertz CT molecular complexity index is 899. The van der Waals surface area contributed by atoms with Crippen molar-refractivity contribution in [2.24, 2.45) is 0 Å². The summed E-state index contributed by atoms with van der Waals surface area (Å²) in [6.07, 6.45) is 0.260. The van der Waals surface area contributed by atoms with Gasteiger partial charge in [0, 0.05) is 11.3 Å². The average Bonchev–Trinajstić information content (AvgIpc) is 2.95. The number of rotatable bonds is 5. The second-order valence-electron chi connectivity index (χ2n) is 6.02. The van der Waals surface area contributed by atoms with E-state index in [1.807, 2.05) is 56.3 Å². The van der Waals surface area contributed by atoms with Crippen molar-refractivity contribution < 1.29 is 9.53 Å². The maximum Gasteiger partial charge on any atom is 0.230 e. The minimum absolute atomic E-state index is 0.117. The lowest BCUT2D eigenvalue weighted by Gasteiger charge is -2.08. The number of nitrogens with one attached hydrogen (secondary N) is 2. The Kier molecular flexibility index (Phi) is 4.84. The third kappa shape index (κ3) is 3.88. The van der Waals surface area contributed by atoms with E-state index >= 15 is 0 Å². The summed E-state index contributed by atoms with van der Waals surface area (Å²) in [5.74, 6) is 1.17. The number of methoxy groups -OCH3 is 1. The van der Waals surface area contributed by atoms with Crippen LogP contribution in [0.1, 0.15) is 16.8 Å². The molecule has 1 aromatic heterocycles. The van der Waals surface area contributed by atoms with Crippen molar-refractivity contribution in [2.75, 3.05) is 12.4 Å². The van der Waals surface area contributed by atoms with Crippen LogP contribution in [0.4, 0.5) is 5.82 Å². The topological polar surface area (TPSA) is 67.0 Å². The number of H-pyrrole nitrogens is 1. The highest BCUT2D eigenvalue weighted by atomic mass is 16.5. The molecule has 0 radical (unpaired) electrons. The number of anilines is 1. The molecule has 0 saturated carbocycles. The van der Waals surface area contributed by atoms with Crippen LogP contribution in [0.5, 0.6) is 5.75 Å². The van der Waals surface area contributed by atoms with Crippen LogP contribution in [0.15, 0.2) is 48.5 Å². The molecule has 0 bridgehead atoms. The summed E-state index contributed by atoms with van der Waals surface area (Å²) in [6.45, 7) is 3.99. The Balaban J connectivity index is 1.80. The van der Waals surface area contributed by atoms with E-state index in [0.29, 0.717) is 5.82 Å². The van der Waals surface area contributed by atoms with E-state index in [4.69, 9.17) is 4.74 Å². The van der Waals surface area contributed by atoms with Gasteiger partial charge >= 0.3 is 0 Å². The summed E-state index contributed by atoms with van der Waals surface area (Å²) < 4.78 is 5.20. The average molecular weight is 335 g/mol. The van der Waals surface area contributed by atoms with Crippen LogP contribution in [0.3, 0.4) is 0 Å². The summed E-state index contributed by atoms with van der Waals surface area (Å²) in [7, 11) is 1.61. The molecule has 25 heavy (non-hydrogen) atoms. The zero-order chi connectivity index (χ0) is 17.8. The normalized spacial score (nSPS) is 10.5. The molecule has 5 heteroatoms. The van der Waals surface area contributed by atoms with Crippen molar-refractivity contribution in [3.8, 4) is 16.9 Å². The van der Waals surface area contributed by atoms with Crippen molar-refractivity contribution >= 4 is 11.7 Å². The Labute approximate surface area is 147 Å². The first kappa shape index (κ1) is 16.8. The number of benzene rings is 2. The van der Waals surface area contributed by atoms with Crippen molar-refractivity contribution in [1.82, 2.24) is 10.2 Å².